The Bertz CT molecular complexity index is 568. The van der Waals surface area contributed by atoms with Gasteiger partial charge in [-0.15, -0.1) is 0 Å². The molecule has 114 valence electrons. The van der Waals surface area contributed by atoms with Gasteiger partial charge in [0, 0.05) is 11.6 Å². The molecule has 0 heterocycles. The average Bonchev–Trinajstić information content (AvgIpc) is 2.37. The quantitative estimate of drug-likeness (QED) is 0.612. The Kier molecular flexibility index (Phi) is 5.40. The monoisotopic (exact) mass is 294 g/mol. The van der Waals surface area contributed by atoms with E-state index in [0.29, 0.717) is 11.1 Å². The van der Waals surface area contributed by atoms with Crippen LogP contribution < -0.4 is 5.32 Å². The molecule has 7 heteroatoms. The molecule has 0 bridgehead atoms. The highest BCUT2D eigenvalue weighted by atomic mass is 16.6. The minimum absolute atomic E-state index is 0.0565. The van der Waals surface area contributed by atoms with Gasteiger partial charge in [0.15, 0.2) is 0 Å². The van der Waals surface area contributed by atoms with E-state index in [4.69, 9.17) is 5.11 Å². The van der Waals surface area contributed by atoms with Gasteiger partial charge >= 0.3 is 5.97 Å². The lowest BCUT2D eigenvalue weighted by atomic mass is 10.0. The Hall–Kier alpha value is -2.44. The molecule has 1 aromatic rings. The Labute approximate surface area is 122 Å². The van der Waals surface area contributed by atoms with Gasteiger partial charge in [-0.25, -0.2) is 4.79 Å². The molecule has 0 saturated heterocycles. The topological polar surface area (TPSA) is 110 Å². The lowest BCUT2D eigenvalue weighted by molar-refractivity contribution is -0.385. The number of hydrogen-bond donors (Lipinski definition) is 2. The van der Waals surface area contributed by atoms with Gasteiger partial charge < -0.3 is 10.4 Å². The van der Waals surface area contributed by atoms with E-state index in [1.807, 2.05) is 0 Å². The standard InChI is InChI=1S/C14H18N2O5/c1-8(2)13(14(18)19)15-12(17)7-10-5-4-6-11(9(10)3)16(20)21/h4-6,8,13H,7H2,1-3H3,(H,15,17)(H,18,19)/t13-/m1/s1. The van der Waals surface area contributed by atoms with Crippen LogP contribution in [0.3, 0.4) is 0 Å². The second kappa shape index (κ2) is 6.83. The number of benzene rings is 1. The molecule has 1 atom stereocenters. The van der Waals surface area contributed by atoms with E-state index in [1.165, 1.54) is 12.1 Å². The van der Waals surface area contributed by atoms with Crippen LogP contribution in [-0.4, -0.2) is 27.9 Å². The smallest absolute Gasteiger partial charge is 0.326 e. The zero-order valence-electron chi connectivity index (χ0n) is 12.1. The molecule has 0 spiro atoms. The number of nitrogens with zero attached hydrogens (tertiary/aromatic N) is 1. The second-order valence-corrected chi connectivity index (χ2v) is 5.12. The summed E-state index contributed by atoms with van der Waals surface area (Å²) in [6.07, 6.45) is -0.0932. The van der Waals surface area contributed by atoms with Crippen molar-refractivity contribution >= 4 is 17.6 Å². The number of hydrogen-bond acceptors (Lipinski definition) is 4. The third kappa shape index (κ3) is 4.27. The molecule has 1 aromatic carbocycles. The van der Waals surface area contributed by atoms with Crippen LogP contribution in [0.15, 0.2) is 18.2 Å². The molecule has 0 aliphatic carbocycles. The summed E-state index contributed by atoms with van der Waals surface area (Å²) in [5.41, 5.74) is 0.864. The van der Waals surface area contributed by atoms with E-state index in [1.54, 1.807) is 26.8 Å². The maximum absolute atomic E-state index is 11.9. The van der Waals surface area contributed by atoms with Gasteiger partial charge in [0.25, 0.3) is 5.69 Å². The summed E-state index contributed by atoms with van der Waals surface area (Å²) in [5.74, 6) is -1.83. The second-order valence-electron chi connectivity index (χ2n) is 5.12. The zero-order chi connectivity index (χ0) is 16.2. The molecule has 7 nitrogen and oxygen atoms in total. The molecule has 0 fully saturated rings. The summed E-state index contributed by atoms with van der Waals surface area (Å²) in [4.78, 5) is 33.3. The van der Waals surface area contributed by atoms with Crippen molar-refractivity contribution in [3.05, 3.63) is 39.4 Å². The van der Waals surface area contributed by atoms with Crippen molar-refractivity contribution in [2.24, 2.45) is 5.92 Å². The van der Waals surface area contributed by atoms with Crippen LogP contribution in [0.1, 0.15) is 25.0 Å². The predicted octanol–water partition coefficient (Wildman–Crippen LogP) is 1.67. The minimum Gasteiger partial charge on any atom is -0.480 e. The Morgan fingerprint density at radius 2 is 2.00 bits per heavy atom. The van der Waals surface area contributed by atoms with Crippen molar-refractivity contribution in [2.75, 3.05) is 0 Å². The highest BCUT2D eigenvalue weighted by Gasteiger charge is 2.24. The lowest BCUT2D eigenvalue weighted by Gasteiger charge is -2.18. The first-order valence-corrected chi connectivity index (χ1v) is 6.49. The molecule has 1 amide bonds. The number of carbonyl (C=O) groups is 2. The van der Waals surface area contributed by atoms with Crippen molar-refractivity contribution in [2.45, 2.75) is 33.2 Å². The van der Waals surface area contributed by atoms with Gasteiger partial charge in [0.1, 0.15) is 6.04 Å². The first-order valence-electron chi connectivity index (χ1n) is 6.49. The molecular formula is C14H18N2O5. The number of carbonyl (C=O) groups excluding carboxylic acids is 1. The van der Waals surface area contributed by atoms with Crippen molar-refractivity contribution in [3.8, 4) is 0 Å². The molecule has 0 radical (unpaired) electrons. The summed E-state index contributed by atoms with van der Waals surface area (Å²) in [6.45, 7) is 4.95. The number of rotatable bonds is 6. The number of carboxylic acid groups (broad SMARTS) is 1. The number of carboxylic acids is 1. The van der Waals surface area contributed by atoms with Crippen LogP contribution >= 0.6 is 0 Å². The third-order valence-electron chi connectivity index (χ3n) is 3.21. The van der Waals surface area contributed by atoms with E-state index in [0.717, 1.165) is 0 Å². The summed E-state index contributed by atoms with van der Waals surface area (Å²) in [5, 5.41) is 22.3. The fraction of sp³-hybridized carbons (Fsp3) is 0.429. The molecule has 0 unspecified atom stereocenters. The molecule has 0 aromatic heterocycles. The van der Waals surface area contributed by atoms with Crippen molar-refractivity contribution in [1.82, 2.24) is 5.32 Å². The number of nitro benzene ring substituents is 1. The number of nitrogens with one attached hydrogen (secondary N) is 1. The highest BCUT2D eigenvalue weighted by molar-refractivity contribution is 5.85. The first kappa shape index (κ1) is 16.6. The van der Waals surface area contributed by atoms with Crippen LogP contribution in [0.5, 0.6) is 0 Å². The SMILES string of the molecule is Cc1c(CC(=O)N[C@@H](C(=O)O)C(C)C)cccc1[N+](=O)[O-]. The zero-order valence-corrected chi connectivity index (χ0v) is 12.1. The van der Waals surface area contributed by atoms with E-state index >= 15 is 0 Å². The van der Waals surface area contributed by atoms with Crippen LogP contribution in [0.2, 0.25) is 0 Å². The molecular weight excluding hydrogens is 276 g/mol. The van der Waals surface area contributed by atoms with Gasteiger partial charge in [-0.1, -0.05) is 26.0 Å². The summed E-state index contributed by atoms with van der Waals surface area (Å²) in [6, 6.07) is 3.51. The van der Waals surface area contributed by atoms with Gasteiger partial charge in [0.05, 0.1) is 11.3 Å². The molecule has 21 heavy (non-hydrogen) atoms. The van der Waals surface area contributed by atoms with E-state index in [-0.39, 0.29) is 18.0 Å². The molecule has 1 rings (SSSR count). The van der Waals surface area contributed by atoms with Gasteiger partial charge in [-0.3, -0.25) is 14.9 Å². The number of amides is 1. The average molecular weight is 294 g/mol. The van der Waals surface area contributed by atoms with Gasteiger partial charge in [0.2, 0.25) is 5.91 Å². The third-order valence-corrected chi connectivity index (χ3v) is 3.21. The fourth-order valence-electron chi connectivity index (χ4n) is 1.97. The highest BCUT2D eigenvalue weighted by Crippen LogP contribution is 2.21. The van der Waals surface area contributed by atoms with Crippen molar-refractivity contribution in [3.63, 3.8) is 0 Å². The van der Waals surface area contributed by atoms with Crippen LogP contribution in [-0.2, 0) is 16.0 Å². The maximum atomic E-state index is 11.9. The molecule has 2 N–H and O–H groups in total. The molecule has 0 aliphatic heterocycles. The minimum atomic E-state index is -1.10. The van der Waals surface area contributed by atoms with Crippen molar-refractivity contribution in [1.29, 1.82) is 0 Å². The number of aliphatic carboxylic acids is 1. The van der Waals surface area contributed by atoms with Crippen molar-refractivity contribution < 1.29 is 19.6 Å². The molecule has 0 aliphatic rings. The van der Waals surface area contributed by atoms with Crippen LogP contribution in [0.4, 0.5) is 5.69 Å². The first-order chi connectivity index (χ1) is 9.73. The van der Waals surface area contributed by atoms with E-state index < -0.39 is 22.8 Å². The summed E-state index contributed by atoms with van der Waals surface area (Å²) < 4.78 is 0. The van der Waals surface area contributed by atoms with E-state index in [2.05, 4.69) is 5.32 Å². The molecule has 0 saturated carbocycles. The van der Waals surface area contributed by atoms with Crippen LogP contribution in [0.25, 0.3) is 0 Å². The van der Waals surface area contributed by atoms with Crippen LogP contribution in [0, 0.1) is 23.0 Å². The largest absolute Gasteiger partial charge is 0.480 e. The van der Waals surface area contributed by atoms with Gasteiger partial charge in [-0.05, 0) is 18.4 Å². The predicted molar refractivity (Wildman–Crippen MR) is 75.9 cm³/mol. The maximum Gasteiger partial charge on any atom is 0.326 e. The fourth-order valence-corrected chi connectivity index (χ4v) is 1.97. The van der Waals surface area contributed by atoms with Gasteiger partial charge in [-0.2, -0.15) is 0 Å². The Balaban J connectivity index is 2.87. The summed E-state index contributed by atoms with van der Waals surface area (Å²) >= 11 is 0. The lowest BCUT2D eigenvalue weighted by Crippen LogP contribution is -2.44. The summed E-state index contributed by atoms with van der Waals surface area (Å²) in [7, 11) is 0. The normalized spacial score (nSPS) is 12.0. The van der Waals surface area contributed by atoms with E-state index in [9.17, 15) is 19.7 Å². The number of nitro groups is 1. The Morgan fingerprint density at radius 1 is 1.38 bits per heavy atom. The Morgan fingerprint density at radius 3 is 2.48 bits per heavy atom.